The SMILES string of the molecule is CCOC(=O)/C(=C(\c1ccccc1)c1ccc(OCc2ccccc2)cc1)N(C=O)C(=O)OC(C)(C)C. The van der Waals surface area contributed by atoms with Crippen molar-refractivity contribution in [3.05, 3.63) is 107 Å². The Hall–Kier alpha value is -4.39. The number of carbonyl (C=O) groups excluding carboxylic acids is 3. The highest BCUT2D eigenvalue weighted by Gasteiger charge is 2.32. The number of carbonyl (C=O) groups is 3. The van der Waals surface area contributed by atoms with Crippen LogP contribution in [0.1, 0.15) is 44.4 Å². The molecule has 192 valence electrons. The van der Waals surface area contributed by atoms with Gasteiger partial charge in [-0.25, -0.2) is 14.5 Å². The minimum atomic E-state index is -0.984. The average molecular weight is 502 g/mol. The van der Waals surface area contributed by atoms with Gasteiger partial charge in [-0.3, -0.25) is 4.79 Å². The summed E-state index contributed by atoms with van der Waals surface area (Å²) < 4.78 is 16.6. The normalized spacial score (nSPS) is 11.7. The lowest BCUT2D eigenvalue weighted by Gasteiger charge is -2.26. The summed E-state index contributed by atoms with van der Waals surface area (Å²) in [5, 5.41) is 0. The van der Waals surface area contributed by atoms with Crippen LogP contribution in [0.5, 0.6) is 5.75 Å². The third kappa shape index (κ3) is 7.54. The van der Waals surface area contributed by atoms with Gasteiger partial charge in [0, 0.05) is 5.57 Å². The van der Waals surface area contributed by atoms with Crippen LogP contribution in [-0.2, 0) is 25.7 Å². The molecular weight excluding hydrogens is 470 g/mol. The lowest BCUT2D eigenvalue weighted by molar-refractivity contribution is -0.141. The Kier molecular flexibility index (Phi) is 9.21. The van der Waals surface area contributed by atoms with Gasteiger partial charge >= 0.3 is 12.1 Å². The van der Waals surface area contributed by atoms with Crippen molar-refractivity contribution < 1.29 is 28.6 Å². The van der Waals surface area contributed by atoms with Crippen LogP contribution in [0, 0.1) is 0 Å². The van der Waals surface area contributed by atoms with Gasteiger partial charge in [0.2, 0.25) is 6.41 Å². The summed E-state index contributed by atoms with van der Waals surface area (Å²) in [4.78, 5) is 39.1. The van der Waals surface area contributed by atoms with Gasteiger partial charge in [-0.05, 0) is 56.5 Å². The van der Waals surface area contributed by atoms with E-state index >= 15 is 0 Å². The topological polar surface area (TPSA) is 82.1 Å². The van der Waals surface area contributed by atoms with Gasteiger partial charge in [-0.2, -0.15) is 0 Å². The smallest absolute Gasteiger partial charge is 0.421 e. The Bertz CT molecular complexity index is 1230. The number of amides is 2. The number of esters is 1. The molecule has 7 heteroatoms. The standard InChI is InChI=1S/C30H31NO6/c1-5-35-28(33)27(31(21-32)29(34)37-30(2,3)4)26(23-14-10-7-11-15-23)24-16-18-25(19-17-24)36-20-22-12-8-6-9-13-22/h6-19,21H,5,20H2,1-4H3/b27-26-. The van der Waals surface area contributed by atoms with Gasteiger partial charge in [0.25, 0.3) is 0 Å². The summed E-state index contributed by atoms with van der Waals surface area (Å²) >= 11 is 0. The van der Waals surface area contributed by atoms with Gasteiger partial charge in [-0.15, -0.1) is 0 Å². The van der Waals surface area contributed by atoms with Crippen molar-refractivity contribution in [2.24, 2.45) is 0 Å². The van der Waals surface area contributed by atoms with Gasteiger partial charge in [0.05, 0.1) is 6.61 Å². The lowest BCUT2D eigenvalue weighted by atomic mass is 9.95. The van der Waals surface area contributed by atoms with Crippen molar-refractivity contribution in [3.63, 3.8) is 0 Å². The fourth-order valence-corrected chi connectivity index (χ4v) is 3.52. The van der Waals surface area contributed by atoms with Crippen LogP contribution in [0.4, 0.5) is 4.79 Å². The Balaban J connectivity index is 2.10. The molecule has 37 heavy (non-hydrogen) atoms. The second-order valence-electron chi connectivity index (χ2n) is 9.06. The molecule has 7 nitrogen and oxygen atoms in total. The van der Waals surface area contributed by atoms with E-state index in [0.29, 0.717) is 34.0 Å². The van der Waals surface area contributed by atoms with E-state index in [0.717, 1.165) is 5.56 Å². The van der Waals surface area contributed by atoms with Crippen molar-refractivity contribution in [3.8, 4) is 5.75 Å². The maximum Gasteiger partial charge on any atom is 0.421 e. The highest BCUT2D eigenvalue weighted by Crippen LogP contribution is 2.31. The van der Waals surface area contributed by atoms with Crippen LogP contribution in [-0.4, -0.2) is 35.6 Å². The molecule has 0 N–H and O–H groups in total. The predicted molar refractivity (Wildman–Crippen MR) is 140 cm³/mol. The number of rotatable bonds is 9. The zero-order valence-electron chi connectivity index (χ0n) is 21.5. The van der Waals surface area contributed by atoms with Crippen LogP contribution in [0.15, 0.2) is 90.6 Å². The van der Waals surface area contributed by atoms with Crippen molar-refractivity contribution in [2.45, 2.75) is 39.9 Å². The Labute approximate surface area is 217 Å². The van der Waals surface area contributed by atoms with E-state index < -0.39 is 17.7 Å². The highest BCUT2D eigenvalue weighted by atomic mass is 16.6. The molecule has 0 spiro atoms. The van der Waals surface area contributed by atoms with E-state index in [9.17, 15) is 14.4 Å². The van der Waals surface area contributed by atoms with E-state index in [-0.39, 0.29) is 18.7 Å². The molecule has 0 fully saturated rings. The zero-order valence-corrected chi connectivity index (χ0v) is 21.5. The van der Waals surface area contributed by atoms with Crippen LogP contribution in [0.2, 0.25) is 0 Å². The summed E-state index contributed by atoms with van der Waals surface area (Å²) in [6.07, 6.45) is -0.720. The zero-order chi connectivity index (χ0) is 26.8. The molecule has 0 radical (unpaired) electrons. The predicted octanol–water partition coefficient (Wildman–Crippen LogP) is 5.98. The first-order chi connectivity index (χ1) is 17.7. The number of hydrogen-bond acceptors (Lipinski definition) is 6. The quantitative estimate of drug-likeness (QED) is 0.204. The van der Waals surface area contributed by atoms with Crippen molar-refractivity contribution in [1.82, 2.24) is 4.90 Å². The Morgan fingerprint density at radius 1 is 0.838 bits per heavy atom. The molecule has 0 bridgehead atoms. The highest BCUT2D eigenvalue weighted by molar-refractivity contribution is 6.07. The molecule has 0 aliphatic heterocycles. The molecule has 0 heterocycles. The number of ether oxygens (including phenoxy) is 3. The van der Waals surface area contributed by atoms with Crippen molar-refractivity contribution in [1.29, 1.82) is 0 Å². The summed E-state index contributed by atoms with van der Waals surface area (Å²) in [6.45, 7) is 7.12. The average Bonchev–Trinajstić information content (AvgIpc) is 2.88. The van der Waals surface area contributed by atoms with Crippen molar-refractivity contribution >= 4 is 24.0 Å². The fourth-order valence-electron chi connectivity index (χ4n) is 3.52. The molecule has 0 saturated carbocycles. The van der Waals surface area contributed by atoms with E-state index in [1.165, 1.54) is 0 Å². The van der Waals surface area contributed by atoms with E-state index in [4.69, 9.17) is 14.2 Å². The molecule has 0 aliphatic carbocycles. The molecule has 0 aliphatic rings. The van der Waals surface area contributed by atoms with E-state index in [2.05, 4.69) is 0 Å². The summed E-state index contributed by atoms with van der Waals surface area (Å²) in [7, 11) is 0. The molecule has 3 aromatic rings. The lowest BCUT2D eigenvalue weighted by Crippen LogP contribution is -2.38. The van der Waals surface area contributed by atoms with Crippen LogP contribution < -0.4 is 4.74 Å². The minimum absolute atomic E-state index is 0.0533. The van der Waals surface area contributed by atoms with Gasteiger partial charge in [-0.1, -0.05) is 72.8 Å². The van der Waals surface area contributed by atoms with E-state index in [1.807, 2.05) is 36.4 Å². The molecule has 0 atom stereocenters. The maximum atomic E-state index is 13.2. The number of benzene rings is 3. The third-order valence-electron chi connectivity index (χ3n) is 5.10. The molecule has 3 rings (SSSR count). The van der Waals surface area contributed by atoms with Gasteiger partial charge < -0.3 is 14.2 Å². The first kappa shape index (κ1) is 27.2. The molecule has 2 amide bonds. The maximum absolute atomic E-state index is 13.2. The summed E-state index contributed by atoms with van der Waals surface area (Å²) in [5.41, 5.74) is 1.43. The van der Waals surface area contributed by atoms with Crippen LogP contribution in [0.3, 0.4) is 0 Å². The Morgan fingerprint density at radius 3 is 1.95 bits per heavy atom. The van der Waals surface area contributed by atoms with Crippen molar-refractivity contribution in [2.75, 3.05) is 6.61 Å². The Morgan fingerprint density at radius 2 is 1.41 bits per heavy atom. The monoisotopic (exact) mass is 501 g/mol. The molecule has 0 saturated heterocycles. The van der Waals surface area contributed by atoms with Crippen LogP contribution >= 0.6 is 0 Å². The summed E-state index contributed by atoms with van der Waals surface area (Å²) in [5.74, 6) is -0.208. The largest absolute Gasteiger partial charge is 0.489 e. The van der Waals surface area contributed by atoms with E-state index in [1.54, 1.807) is 76.2 Å². The number of hydrogen-bond donors (Lipinski definition) is 0. The van der Waals surface area contributed by atoms with Gasteiger partial charge in [0.1, 0.15) is 23.7 Å². The minimum Gasteiger partial charge on any atom is -0.489 e. The first-order valence-corrected chi connectivity index (χ1v) is 11.9. The first-order valence-electron chi connectivity index (χ1n) is 11.9. The van der Waals surface area contributed by atoms with Crippen LogP contribution in [0.25, 0.3) is 5.57 Å². The molecule has 3 aromatic carbocycles. The molecule has 0 aromatic heterocycles. The second kappa shape index (κ2) is 12.5. The molecular formula is C30H31NO6. The fraction of sp³-hybridized carbons (Fsp3) is 0.233. The third-order valence-corrected chi connectivity index (χ3v) is 5.10. The number of imide groups is 1. The summed E-state index contributed by atoms with van der Waals surface area (Å²) in [6, 6.07) is 25.8. The molecule has 0 unspecified atom stereocenters. The second-order valence-corrected chi connectivity index (χ2v) is 9.06. The van der Waals surface area contributed by atoms with Gasteiger partial charge in [0.15, 0.2) is 0 Å². The number of nitrogens with zero attached hydrogens (tertiary/aromatic N) is 1.